The number of ether oxygens (including phenoxy) is 1. The summed E-state index contributed by atoms with van der Waals surface area (Å²) < 4.78 is 32.3. The van der Waals surface area contributed by atoms with E-state index in [0.29, 0.717) is 12.2 Å². The van der Waals surface area contributed by atoms with E-state index >= 15 is 0 Å². The molecular formula is C24H28N5O6PS. The second-order valence-corrected chi connectivity index (χ2v) is 11.6. The van der Waals surface area contributed by atoms with Crippen molar-refractivity contribution in [2.24, 2.45) is 0 Å². The van der Waals surface area contributed by atoms with E-state index in [2.05, 4.69) is 15.1 Å². The zero-order valence-electron chi connectivity index (χ0n) is 20.6. The molecule has 1 unspecified atom stereocenters. The van der Waals surface area contributed by atoms with Crippen molar-refractivity contribution in [2.75, 3.05) is 12.3 Å². The molecular weight excluding hydrogens is 517 g/mol. The van der Waals surface area contributed by atoms with Gasteiger partial charge in [-0.1, -0.05) is 42.5 Å². The molecule has 0 fully saturated rings. The average Bonchev–Trinajstić information content (AvgIpc) is 3.31. The first-order valence-electron chi connectivity index (χ1n) is 11.6. The van der Waals surface area contributed by atoms with E-state index in [1.54, 1.807) is 26.0 Å². The van der Waals surface area contributed by atoms with E-state index in [9.17, 15) is 14.2 Å². The van der Waals surface area contributed by atoms with Gasteiger partial charge in [0.05, 0.1) is 18.1 Å². The molecule has 3 N–H and O–H groups in total. The predicted molar refractivity (Wildman–Crippen MR) is 142 cm³/mol. The van der Waals surface area contributed by atoms with E-state index < -0.39 is 25.4 Å². The third-order valence-corrected chi connectivity index (χ3v) is 8.18. The summed E-state index contributed by atoms with van der Waals surface area (Å²) in [6.07, 6.45) is 3.39. The monoisotopic (exact) mass is 545 g/mol. The van der Waals surface area contributed by atoms with Gasteiger partial charge in [-0.2, -0.15) is 10.1 Å². The zero-order chi connectivity index (χ0) is 26.6. The Morgan fingerprint density at radius 1 is 1.24 bits per heavy atom. The standard InChI is InChI=1S/C24H28N5O6PS/c1-15(2)34-22(30)16(3)28-36(32,35-20-10-6-8-17-7-4-5-9-19(17)20)33-13-18-11-12-21(37-18)29-14-26-23(25)27-24(29)31/h4-11,14-16,21H,12-13H2,1-3H3,(H,28,32)(H2,25,27,31)/t16-,21+,36?/m0/s1. The Bertz CT molecular complexity index is 1420. The van der Waals surface area contributed by atoms with Gasteiger partial charge in [-0.25, -0.2) is 14.3 Å². The molecule has 2 heterocycles. The van der Waals surface area contributed by atoms with Gasteiger partial charge < -0.3 is 15.0 Å². The van der Waals surface area contributed by atoms with Crippen LogP contribution in [0, 0.1) is 0 Å². The molecule has 3 atom stereocenters. The quantitative estimate of drug-likeness (QED) is 0.281. The third-order valence-electron chi connectivity index (χ3n) is 5.29. The van der Waals surface area contributed by atoms with Crippen molar-refractivity contribution in [1.29, 1.82) is 0 Å². The van der Waals surface area contributed by atoms with Crippen LogP contribution in [0.1, 0.15) is 32.6 Å². The van der Waals surface area contributed by atoms with Crippen molar-refractivity contribution < 1.29 is 23.1 Å². The molecule has 1 aliphatic rings. The number of fused-ring (bicyclic) bond motifs is 1. The highest BCUT2D eigenvalue weighted by atomic mass is 32.2. The van der Waals surface area contributed by atoms with Crippen LogP contribution in [0.15, 0.2) is 64.6 Å². The van der Waals surface area contributed by atoms with Crippen LogP contribution < -0.4 is 21.0 Å². The summed E-state index contributed by atoms with van der Waals surface area (Å²) in [5, 5.41) is 4.05. The lowest BCUT2D eigenvalue weighted by Gasteiger charge is -2.24. The summed E-state index contributed by atoms with van der Waals surface area (Å²) in [6.45, 7) is 4.91. The van der Waals surface area contributed by atoms with Crippen LogP contribution in [-0.4, -0.2) is 39.3 Å². The van der Waals surface area contributed by atoms with Crippen LogP contribution in [0.4, 0.5) is 5.95 Å². The maximum Gasteiger partial charge on any atom is 0.459 e. The first-order chi connectivity index (χ1) is 17.6. The van der Waals surface area contributed by atoms with Gasteiger partial charge in [0.1, 0.15) is 18.1 Å². The summed E-state index contributed by atoms with van der Waals surface area (Å²) in [6, 6.07) is 11.9. The summed E-state index contributed by atoms with van der Waals surface area (Å²) in [5.74, 6) is -0.337. The Hall–Kier alpha value is -3.18. The second kappa shape index (κ2) is 11.5. The lowest BCUT2D eigenvalue weighted by molar-refractivity contribution is -0.149. The molecule has 0 bridgehead atoms. The van der Waals surface area contributed by atoms with Crippen LogP contribution in [0.3, 0.4) is 0 Å². The lowest BCUT2D eigenvalue weighted by atomic mass is 10.1. The SMILES string of the molecule is CC(C)OC(=O)[C@H](C)NP(=O)(OCC1=CC[C@H](n2cnc(N)nc2=O)S1)Oc1cccc2ccccc12. The Morgan fingerprint density at radius 3 is 2.76 bits per heavy atom. The summed E-state index contributed by atoms with van der Waals surface area (Å²) in [5.41, 5.74) is 4.96. The van der Waals surface area contributed by atoms with E-state index in [1.165, 1.54) is 29.6 Å². The van der Waals surface area contributed by atoms with E-state index in [1.807, 2.05) is 36.4 Å². The van der Waals surface area contributed by atoms with Gasteiger partial charge in [0.15, 0.2) is 0 Å². The molecule has 4 rings (SSSR count). The topological polar surface area (TPSA) is 148 Å². The average molecular weight is 546 g/mol. The zero-order valence-corrected chi connectivity index (χ0v) is 22.3. The molecule has 2 aromatic carbocycles. The van der Waals surface area contributed by atoms with Gasteiger partial charge in [0.25, 0.3) is 0 Å². The van der Waals surface area contributed by atoms with Crippen LogP contribution in [0.25, 0.3) is 10.8 Å². The highest BCUT2D eigenvalue weighted by Crippen LogP contribution is 2.49. The predicted octanol–water partition coefficient (Wildman–Crippen LogP) is 4.03. The van der Waals surface area contributed by atoms with Crippen LogP contribution in [0.2, 0.25) is 0 Å². The van der Waals surface area contributed by atoms with Crippen molar-refractivity contribution in [3.63, 3.8) is 0 Å². The fourth-order valence-electron chi connectivity index (χ4n) is 3.59. The number of hydrogen-bond acceptors (Lipinski definition) is 10. The molecule has 0 radical (unpaired) electrons. The highest BCUT2D eigenvalue weighted by molar-refractivity contribution is 8.03. The van der Waals surface area contributed by atoms with Crippen molar-refractivity contribution in [1.82, 2.24) is 19.6 Å². The number of rotatable bonds is 10. The third kappa shape index (κ3) is 6.78. The fourth-order valence-corrected chi connectivity index (χ4v) is 6.28. The summed E-state index contributed by atoms with van der Waals surface area (Å²) >= 11 is 1.35. The molecule has 0 aliphatic carbocycles. The molecule has 13 heteroatoms. The number of esters is 1. The lowest BCUT2D eigenvalue weighted by Crippen LogP contribution is -2.36. The maximum atomic E-state index is 13.9. The Balaban J connectivity index is 1.51. The van der Waals surface area contributed by atoms with Gasteiger partial charge in [-0.15, -0.1) is 11.8 Å². The van der Waals surface area contributed by atoms with Crippen LogP contribution >= 0.6 is 19.5 Å². The smallest absolute Gasteiger partial charge is 0.459 e. The molecule has 1 aliphatic heterocycles. The fraction of sp³-hybridized carbons (Fsp3) is 0.333. The van der Waals surface area contributed by atoms with E-state index in [-0.39, 0.29) is 24.0 Å². The summed E-state index contributed by atoms with van der Waals surface area (Å²) in [4.78, 5) is 32.9. The number of carbonyl (C=O) groups excluding carboxylic acids is 1. The van der Waals surface area contributed by atoms with Crippen molar-refractivity contribution >= 4 is 42.2 Å². The number of nitrogens with one attached hydrogen (secondary N) is 1. The number of nitrogens with two attached hydrogens (primary N) is 1. The minimum absolute atomic E-state index is 0.0766. The number of nitrogens with zero attached hydrogens (tertiary/aromatic N) is 3. The first-order valence-corrected chi connectivity index (χ1v) is 14.0. The Labute approximate surface area is 218 Å². The number of allylic oxidation sites excluding steroid dienone is 1. The van der Waals surface area contributed by atoms with E-state index in [0.717, 1.165) is 15.7 Å². The molecule has 3 aromatic rings. The number of benzene rings is 2. The molecule has 0 saturated carbocycles. The number of nitrogen functional groups attached to an aromatic ring is 1. The number of thioether (sulfide) groups is 1. The van der Waals surface area contributed by atoms with Crippen molar-refractivity contribution in [3.05, 3.63) is 70.3 Å². The molecule has 0 saturated heterocycles. The first kappa shape index (κ1) is 26.9. The Kier molecular flexibility index (Phi) is 8.33. The molecule has 0 amide bonds. The van der Waals surface area contributed by atoms with Gasteiger partial charge in [-0.3, -0.25) is 13.9 Å². The number of anilines is 1. The van der Waals surface area contributed by atoms with Gasteiger partial charge >= 0.3 is 19.4 Å². The minimum atomic E-state index is -4.07. The maximum absolute atomic E-state index is 13.9. The number of hydrogen-bond donors (Lipinski definition) is 2. The second-order valence-electron chi connectivity index (χ2n) is 8.56. The summed E-state index contributed by atoms with van der Waals surface area (Å²) in [7, 11) is -4.07. The normalized spacial score (nSPS) is 17.8. The largest absolute Gasteiger partial charge is 0.462 e. The molecule has 11 nitrogen and oxygen atoms in total. The number of aromatic nitrogens is 3. The molecule has 37 heavy (non-hydrogen) atoms. The van der Waals surface area contributed by atoms with Gasteiger partial charge in [0, 0.05) is 10.3 Å². The van der Waals surface area contributed by atoms with Crippen molar-refractivity contribution in [3.8, 4) is 5.75 Å². The molecule has 0 spiro atoms. The molecule has 196 valence electrons. The van der Waals surface area contributed by atoms with Gasteiger partial charge in [0.2, 0.25) is 5.95 Å². The number of carbonyl (C=O) groups is 1. The molecule has 1 aromatic heterocycles. The highest BCUT2D eigenvalue weighted by Gasteiger charge is 2.34. The van der Waals surface area contributed by atoms with E-state index in [4.69, 9.17) is 19.5 Å². The Morgan fingerprint density at radius 2 is 2.00 bits per heavy atom. The minimum Gasteiger partial charge on any atom is -0.462 e. The van der Waals surface area contributed by atoms with Gasteiger partial charge in [-0.05, 0) is 38.6 Å². The van der Waals surface area contributed by atoms with Crippen LogP contribution in [0.5, 0.6) is 5.75 Å². The van der Waals surface area contributed by atoms with Crippen molar-refractivity contribution in [2.45, 2.75) is 44.7 Å². The van der Waals surface area contributed by atoms with Crippen LogP contribution in [-0.2, 0) is 18.6 Å².